The number of alkyl halides is 3. The lowest BCUT2D eigenvalue weighted by atomic mass is 9.85. The van der Waals surface area contributed by atoms with E-state index in [1.54, 1.807) is 38.4 Å². The number of amides is 1. The van der Waals surface area contributed by atoms with Gasteiger partial charge in [-0.05, 0) is 31.4 Å². The number of hydrogen-bond donors (Lipinski definition) is 1. The Labute approximate surface area is 140 Å². The van der Waals surface area contributed by atoms with Crippen molar-refractivity contribution in [1.82, 2.24) is 4.90 Å². The van der Waals surface area contributed by atoms with Gasteiger partial charge >= 0.3 is 6.18 Å². The second-order valence-electron chi connectivity index (χ2n) is 6.35. The minimum absolute atomic E-state index is 0.0734. The molecule has 0 bridgehead atoms. The van der Waals surface area contributed by atoms with Crippen LogP contribution in [0.1, 0.15) is 25.7 Å². The van der Waals surface area contributed by atoms with E-state index < -0.39 is 12.1 Å². The number of nitrogens with one attached hydrogen (secondary N) is 1. The Morgan fingerprint density at radius 3 is 2.75 bits per heavy atom. The van der Waals surface area contributed by atoms with Crippen LogP contribution in [0.5, 0.6) is 5.75 Å². The normalized spacial score (nSPS) is 21.2. The summed E-state index contributed by atoms with van der Waals surface area (Å²) in [6.07, 6.45) is -2.55. The van der Waals surface area contributed by atoms with Crippen molar-refractivity contribution < 1.29 is 22.7 Å². The van der Waals surface area contributed by atoms with Gasteiger partial charge < -0.3 is 15.0 Å². The first-order valence-corrected chi connectivity index (χ1v) is 8.02. The second kappa shape index (κ2) is 7.77. The molecule has 1 aliphatic carbocycles. The third kappa shape index (κ3) is 5.32. The number of carbonyl (C=O) groups is 1. The fraction of sp³-hybridized carbons (Fsp3) is 0.588. The maximum absolute atomic E-state index is 12.9. The van der Waals surface area contributed by atoms with E-state index in [1.807, 2.05) is 0 Å². The van der Waals surface area contributed by atoms with Crippen LogP contribution in [0.2, 0.25) is 0 Å². The molecule has 24 heavy (non-hydrogen) atoms. The molecule has 0 aromatic heterocycles. The lowest BCUT2D eigenvalue weighted by Crippen LogP contribution is -2.34. The summed E-state index contributed by atoms with van der Waals surface area (Å²) >= 11 is 0. The Hall–Kier alpha value is -1.92. The van der Waals surface area contributed by atoms with E-state index in [4.69, 9.17) is 4.74 Å². The molecule has 2 atom stereocenters. The average molecular weight is 344 g/mol. The van der Waals surface area contributed by atoms with Gasteiger partial charge in [0.15, 0.2) is 6.61 Å². The lowest BCUT2D eigenvalue weighted by Gasteiger charge is -2.31. The minimum atomic E-state index is -4.13. The van der Waals surface area contributed by atoms with E-state index in [-0.39, 0.29) is 31.4 Å². The molecule has 7 heteroatoms. The van der Waals surface area contributed by atoms with Crippen molar-refractivity contribution in [2.24, 2.45) is 5.92 Å². The summed E-state index contributed by atoms with van der Waals surface area (Å²) in [7, 11) is 3.29. The second-order valence-corrected chi connectivity index (χ2v) is 6.35. The summed E-state index contributed by atoms with van der Waals surface area (Å²) in [5.74, 6) is -0.882. The van der Waals surface area contributed by atoms with Crippen LogP contribution in [-0.4, -0.2) is 43.7 Å². The van der Waals surface area contributed by atoms with Gasteiger partial charge in [-0.15, -0.1) is 0 Å². The molecule has 1 saturated carbocycles. The molecule has 1 aromatic rings. The van der Waals surface area contributed by atoms with Gasteiger partial charge in [0.05, 0.1) is 5.92 Å². The molecule has 1 N–H and O–H groups in total. The zero-order chi connectivity index (χ0) is 17.7. The number of likely N-dealkylation sites (N-methyl/N-ethyl adjacent to an activating group) is 1. The minimum Gasteiger partial charge on any atom is -0.484 e. The molecule has 0 aliphatic heterocycles. The monoisotopic (exact) mass is 344 g/mol. The van der Waals surface area contributed by atoms with Gasteiger partial charge in [-0.25, -0.2) is 0 Å². The molecular formula is C17H23F3N2O2. The van der Waals surface area contributed by atoms with Crippen molar-refractivity contribution in [3.63, 3.8) is 0 Å². The maximum atomic E-state index is 12.9. The van der Waals surface area contributed by atoms with Gasteiger partial charge in [0, 0.05) is 31.9 Å². The van der Waals surface area contributed by atoms with Crippen LogP contribution in [0.25, 0.3) is 0 Å². The van der Waals surface area contributed by atoms with Crippen molar-refractivity contribution in [2.75, 3.05) is 26.0 Å². The smallest absolute Gasteiger partial charge is 0.391 e. The Kier molecular flexibility index (Phi) is 5.96. The maximum Gasteiger partial charge on any atom is 0.391 e. The number of ether oxygens (including phenoxy) is 1. The molecule has 1 aromatic carbocycles. The molecule has 0 saturated heterocycles. The molecule has 0 heterocycles. The van der Waals surface area contributed by atoms with E-state index in [1.165, 1.54) is 4.90 Å². The fourth-order valence-electron chi connectivity index (χ4n) is 2.80. The predicted molar refractivity (Wildman–Crippen MR) is 86.1 cm³/mol. The van der Waals surface area contributed by atoms with Gasteiger partial charge in [-0.1, -0.05) is 12.5 Å². The van der Waals surface area contributed by atoms with Crippen LogP contribution in [0.4, 0.5) is 18.9 Å². The highest BCUT2D eigenvalue weighted by molar-refractivity contribution is 5.77. The highest BCUT2D eigenvalue weighted by Crippen LogP contribution is 2.38. The van der Waals surface area contributed by atoms with E-state index in [0.29, 0.717) is 17.9 Å². The first-order valence-electron chi connectivity index (χ1n) is 8.02. The van der Waals surface area contributed by atoms with E-state index in [9.17, 15) is 18.0 Å². The molecule has 1 fully saturated rings. The topological polar surface area (TPSA) is 41.6 Å². The van der Waals surface area contributed by atoms with Crippen molar-refractivity contribution in [2.45, 2.75) is 37.9 Å². The first kappa shape index (κ1) is 18.4. The Morgan fingerprint density at radius 1 is 1.33 bits per heavy atom. The van der Waals surface area contributed by atoms with Crippen molar-refractivity contribution in [3.8, 4) is 5.75 Å². The summed E-state index contributed by atoms with van der Waals surface area (Å²) in [6.45, 7) is -0.0734. The largest absolute Gasteiger partial charge is 0.484 e. The van der Waals surface area contributed by atoms with Crippen LogP contribution >= 0.6 is 0 Å². The fourth-order valence-corrected chi connectivity index (χ4v) is 2.80. The summed E-state index contributed by atoms with van der Waals surface area (Å²) < 4.78 is 44.0. The third-order valence-corrected chi connectivity index (χ3v) is 4.20. The third-order valence-electron chi connectivity index (χ3n) is 4.20. The number of benzene rings is 1. The van der Waals surface area contributed by atoms with Crippen LogP contribution in [0.15, 0.2) is 24.3 Å². The number of nitrogens with zero attached hydrogens (tertiary/aromatic N) is 1. The standard InChI is InChI=1S/C17H23F3N2O2/c1-22(2)16(23)11-24-15-8-4-7-14(10-15)21-13-6-3-5-12(9-13)17(18,19)20/h4,7-8,10,12-13,21H,3,5-6,9,11H2,1-2H3/t12-,13+/m1/s1. The summed E-state index contributed by atoms with van der Waals surface area (Å²) in [5.41, 5.74) is 0.706. The molecule has 4 nitrogen and oxygen atoms in total. The van der Waals surface area contributed by atoms with Gasteiger partial charge in [-0.2, -0.15) is 13.2 Å². The average Bonchev–Trinajstić information content (AvgIpc) is 2.52. The summed E-state index contributed by atoms with van der Waals surface area (Å²) in [5, 5.41) is 3.16. The van der Waals surface area contributed by atoms with Crippen LogP contribution in [0, 0.1) is 5.92 Å². The molecule has 134 valence electrons. The highest BCUT2D eigenvalue weighted by Gasteiger charge is 2.42. The molecular weight excluding hydrogens is 321 g/mol. The molecule has 0 spiro atoms. The van der Waals surface area contributed by atoms with E-state index >= 15 is 0 Å². The number of carbonyl (C=O) groups excluding carboxylic acids is 1. The van der Waals surface area contributed by atoms with Crippen molar-refractivity contribution in [1.29, 1.82) is 0 Å². The number of halogens is 3. The first-order chi connectivity index (χ1) is 11.3. The highest BCUT2D eigenvalue weighted by atomic mass is 19.4. The van der Waals surface area contributed by atoms with Crippen LogP contribution < -0.4 is 10.1 Å². The predicted octanol–water partition coefficient (Wildman–Crippen LogP) is 3.69. The van der Waals surface area contributed by atoms with E-state index in [0.717, 1.165) is 6.42 Å². The van der Waals surface area contributed by atoms with E-state index in [2.05, 4.69) is 5.32 Å². The number of hydrogen-bond acceptors (Lipinski definition) is 3. The quantitative estimate of drug-likeness (QED) is 0.886. The molecule has 1 amide bonds. The Bertz CT molecular complexity index is 561. The van der Waals surface area contributed by atoms with Gasteiger partial charge in [0.25, 0.3) is 5.91 Å². The lowest BCUT2D eigenvalue weighted by molar-refractivity contribution is -0.182. The zero-order valence-electron chi connectivity index (χ0n) is 13.9. The SMILES string of the molecule is CN(C)C(=O)COc1cccc(N[C@H]2CCC[C@@H](C(F)(F)F)C2)c1. The Morgan fingerprint density at radius 2 is 2.08 bits per heavy atom. The van der Waals surface area contributed by atoms with Gasteiger partial charge in [0.2, 0.25) is 0 Å². The van der Waals surface area contributed by atoms with Gasteiger partial charge in [-0.3, -0.25) is 4.79 Å². The summed E-state index contributed by atoms with van der Waals surface area (Å²) in [6, 6.07) is 6.76. The molecule has 2 rings (SSSR count). The zero-order valence-corrected chi connectivity index (χ0v) is 13.9. The van der Waals surface area contributed by atoms with Gasteiger partial charge in [0.1, 0.15) is 5.75 Å². The number of anilines is 1. The molecule has 0 unspecified atom stereocenters. The molecule has 1 aliphatic rings. The van der Waals surface area contributed by atoms with Crippen molar-refractivity contribution in [3.05, 3.63) is 24.3 Å². The Balaban J connectivity index is 1.93. The van der Waals surface area contributed by atoms with Crippen molar-refractivity contribution >= 4 is 11.6 Å². The summed E-state index contributed by atoms with van der Waals surface area (Å²) in [4.78, 5) is 13.0. The number of rotatable bonds is 5. The molecule has 0 radical (unpaired) electrons. The van der Waals surface area contributed by atoms with Crippen LogP contribution in [0.3, 0.4) is 0 Å². The van der Waals surface area contributed by atoms with Crippen LogP contribution in [-0.2, 0) is 4.79 Å².